The molecule has 15 heteroatoms. The molecule has 6 rings (SSSR count). The van der Waals surface area contributed by atoms with Crippen molar-refractivity contribution in [2.45, 2.75) is 46.0 Å². The lowest BCUT2D eigenvalue weighted by atomic mass is 10.1. The normalized spacial score (nSPS) is 12.8. The van der Waals surface area contributed by atoms with Gasteiger partial charge in [0.15, 0.2) is 34.6 Å². The van der Waals surface area contributed by atoms with Crippen molar-refractivity contribution >= 4 is 23.3 Å². The number of anilines is 1. The van der Waals surface area contributed by atoms with Gasteiger partial charge < -0.3 is 24.8 Å². The third kappa shape index (κ3) is 6.59. The van der Waals surface area contributed by atoms with Crippen LogP contribution >= 0.6 is 0 Å². The summed E-state index contributed by atoms with van der Waals surface area (Å²) in [5.74, 6) is -1.35. The van der Waals surface area contributed by atoms with Crippen molar-refractivity contribution in [2.75, 3.05) is 18.4 Å². The number of amides is 2. The Hall–Kier alpha value is -5.86. The van der Waals surface area contributed by atoms with E-state index in [-0.39, 0.29) is 67.1 Å². The summed E-state index contributed by atoms with van der Waals surface area (Å²) in [7, 11) is 0. The van der Waals surface area contributed by atoms with E-state index in [9.17, 15) is 23.6 Å². The average Bonchev–Trinajstić information content (AvgIpc) is 3.44. The van der Waals surface area contributed by atoms with E-state index in [1.807, 2.05) is 44.2 Å². The first kappa shape index (κ1) is 31.1. The predicted octanol–water partition coefficient (Wildman–Crippen LogP) is 2.34. The average molecular weight is 642 g/mol. The van der Waals surface area contributed by atoms with Crippen molar-refractivity contribution in [1.29, 1.82) is 0 Å². The van der Waals surface area contributed by atoms with Crippen LogP contribution in [0, 0.1) is 5.82 Å². The van der Waals surface area contributed by atoms with Crippen LogP contribution in [0.15, 0.2) is 70.5 Å². The number of rotatable bonds is 11. The van der Waals surface area contributed by atoms with E-state index in [1.54, 1.807) is 21.6 Å². The van der Waals surface area contributed by atoms with E-state index < -0.39 is 16.9 Å². The minimum atomic E-state index is -0.712. The predicted molar refractivity (Wildman–Crippen MR) is 169 cm³/mol. The SMILES string of the molecule is CC(C)N1CCn2c(CNC(=O)CCNc3nc(-c4ccc5n[nH]c(=O)n5c4)ncc3F)cc(=O)c(OCc3ccccc3)c2C1=O. The van der Waals surface area contributed by atoms with Crippen LogP contribution in [0.25, 0.3) is 17.0 Å². The fraction of sp³-hybridized carbons (Fsp3) is 0.281. The number of fused-ring (bicyclic) bond motifs is 2. The molecular formula is C32H32FN9O5. The number of hydrogen-bond donors (Lipinski definition) is 3. The zero-order chi connectivity index (χ0) is 33.1. The van der Waals surface area contributed by atoms with E-state index in [4.69, 9.17) is 4.74 Å². The quantitative estimate of drug-likeness (QED) is 0.196. The zero-order valence-corrected chi connectivity index (χ0v) is 25.7. The van der Waals surface area contributed by atoms with Crippen molar-refractivity contribution in [3.63, 3.8) is 0 Å². The Labute approximate surface area is 267 Å². The summed E-state index contributed by atoms with van der Waals surface area (Å²) in [6.45, 7) is 4.84. The Balaban J connectivity index is 1.12. The highest BCUT2D eigenvalue weighted by Crippen LogP contribution is 2.25. The molecule has 242 valence electrons. The molecule has 5 aromatic rings. The molecule has 47 heavy (non-hydrogen) atoms. The van der Waals surface area contributed by atoms with Gasteiger partial charge in [0.1, 0.15) is 6.61 Å². The number of carbonyl (C=O) groups is 2. The number of nitrogens with zero attached hydrogens (tertiary/aromatic N) is 6. The topological polar surface area (TPSA) is 169 Å². The molecule has 4 aromatic heterocycles. The summed E-state index contributed by atoms with van der Waals surface area (Å²) in [4.78, 5) is 61.4. The van der Waals surface area contributed by atoms with Crippen LogP contribution in [-0.2, 0) is 24.5 Å². The number of nitrogens with one attached hydrogen (secondary N) is 3. The van der Waals surface area contributed by atoms with Gasteiger partial charge >= 0.3 is 5.69 Å². The number of benzene rings is 1. The molecule has 1 aliphatic heterocycles. The summed E-state index contributed by atoms with van der Waals surface area (Å²) in [5.41, 5.74) is 1.46. The molecule has 0 saturated carbocycles. The van der Waals surface area contributed by atoms with Gasteiger partial charge in [-0.15, -0.1) is 0 Å². The minimum absolute atomic E-state index is 0.00310. The smallest absolute Gasteiger partial charge is 0.347 e. The van der Waals surface area contributed by atoms with E-state index in [0.717, 1.165) is 11.8 Å². The molecule has 0 radical (unpaired) electrons. The van der Waals surface area contributed by atoms with Crippen molar-refractivity contribution < 1.29 is 18.7 Å². The molecular weight excluding hydrogens is 609 g/mol. The van der Waals surface area contributed by atoms with Crippen molar-refractivity contribution in [1.82, 2.24) is 39.3 Å². The lowest BCUT2D eigenvalue weighted by Gasteiger charge is -2.35. The fourth-order valence-corrected chi connectivity index (χ4v) is 5.34. The second kappa shape index (κ2) is 13.2. The number of aromatic nitrogens is 6. The molecule has 0 bridgehead atoms. The molecule has 5 heterocycles. The summed E-state index contributed by atoms with van der Waals surface area (Å²) in [5, 5.41) is 11.8. The Kier molecular flexibility index (Phi) is 8.77. The largest absolute Gasteiger partial charge is 0.483 e. The van der Waals surface area contributed by atoms with Gasteiger partial charge in [-0.25, -0.2) is 28.7 Å². The Morgan fingerprint density at radius 1 is 1.11 bits per heavy atom. The lowest BCUT2D eigenvalue weighted by molar-refractivity contribution is -0.121. The van der Waals surface area contributed by atoms with Gasteiger partial charge in [-0.3, -0.25) is 14.4 Å². The van der Waals surface area contributed by atoms with Gasteiger partial charge in [-0.05, 0) is 31.5 Å². The second-order valence-corrected chi connectivity index (χ2v) is 11.2. The van der Waals surface area contributed by atoms with Crippen LogP contribution in [-0.4, -0.2) is 65.0 Å². The summed E-state index contributed by atoms with van der Waals surface area (Å²) in [6, 6.07) is 13.9. The highest BCUT2D eigenvalue weighted by molar-refractivity contribution is 5.96. The van der Waals surface area contributed by atoms with Crippen LogP contribution in [0.5, 0.6) is 5.75 Å². The molecule has 1 aromatic carbocycles. The van der Waals surface area contributed by atoms with Gasteiger partial charge in [-0.2, -0.15) is 5.10 Å². The van der Waals surface area contributed by atoms with Crippen LogP contribution in [0.4, 0.5) is 10.2 Å². The van der Waals surface area contributed by atoms with E-state index in [2.05, 4.69) is 30.8 Å². The van der Waals surface area contributed by atoms with E-state index in [0.29, 0.717) is 30.0 Å². The zero-order valence-electron chi connectivity index (χ0n) is 25.7. The fourth-order valence-electron chi connectivity index (χ4n) is 5.34. The molecule has 0 unspecified atom stereocenters. The third-order valence-corrected chi connectivity index (χ3v) is 7.76. The third-order valence-electron chi connectivity index (χ3n) is 7.76. The van der Waals surface area contributed by atoms with Gasteiger partial charge in [0.2, 0.25) is 11.3 Å². The number of carbonyl (C=O) groups excluding carboxylic acids is 2. The van der Waals surface area contributed by atoms with Crippen LogP contribution in [0.3, 0.4) is 0 Å². The number of pyridine rings is 2. The Morgan fingerprint density at radius 3 is 2.70 bits per heavy atom. The molecule has 0 aliphatic carbocycles. The highest BCUT2D eigenvalue weighted by Gasteiger charge is 2.32. The van der Waals surface area contributed by atoms with Crippen molar-refractivity contribution in [3.8, 4) is 17.1 Å². The first-order valence-corrected chi connectivity index (χ1v) is 15.0. The van der Waals surface area contributed by atoms with E-state index >= 15 is 0 Å². The number of aromatic amines is 1. The summed E-state index contributed by atoms with van der Waals surface area (Å²) in [6.07, 6.45) is 2.46. The molecule has 2 amide bonds. The van der Waals surface area contributed by atoms with Gasteiger partial charge in [0.25, 0.3) is 5.91 Å². The minimum Gasteiger partial charge on any atom is -0.483 e. The molecule has 0 fully saturated rings. The van der Waals surface area contributed by atoms with Gasteiger partial charge in [0, 0.05) is 55.6 Å². The Morgan fingerprint density at radius 2 is 1.91 bits per heavy atom. The van der Waals surface area contributed by atoms with Crippen molar-refractivity contribution in [2.24, 2.45) is 0 Å². The number of ether oxygens (including phenoxy) is 1. The maximum atomic E-state index is 14.5. The maximum absolute atomic E-state index is 14.5. The molecule has 14 nitrogen and oxygen atoms in total. The standard InChI is InChI=1S/C32H32FN9O5/c1-19(2)40-12-13-41-22(14-24(43)28(27(41)31(40)45)47-18-20-6-4-3-5-7-20)15-35-26(44)10-11-34-30-23(33)16-36-29(37-30)21-8-9-25-38-39-32(46)42(25)17-21/h3-9,14,16-17,19H,10-13,15,18H2,1-2H3,(H,35,44)(H,39,46)(H,34,36,37). The van der Waals surface area contributed by atoms with Gasteiger partial charge in [-0.1, -0.05) is 30.3 Å². The molecule has 1 aliphatic rings. The van der Waals surface area contributed by atoms with Crippen LogP contribution < -0.4 is 26.5 Å². The molecule has 0 spiro atoms. The number of H-pyrrole nitrogens is 1. The molecule has 0 saturated heterocycles. The first-order valence-electron chi connectivity index (χ1n) is 15.0. The molecule has 3 N–H and O–H groups in total. The van der Waals surface area contributed by atoms with E-state index in [1.165, 1.54) is 16.7 Å². The van der Waals surface area contributed by atoms with Crippen LogP contribution in [0.2, 0.25) is 0 Å². The molecule has 0 atom stereocenters. The number of hydrogen-bond acceptors (Lipinski definition) is 9. The maximum Gasteiger partial charge on any atom is 0.347 e. The number of halogens is 1. The monoisotopic (exact) mass is 641 g/mol. The summed E-state index contributed by atoms with van der Waals surface area (Å²) < 4.78 is 23.4. The highest BCUT2D eigenvalue weighted by atomic mass is 19.1. The van der Waals surface area contributed by atoms with Crippen LogP contribution in [0.1, 0.15) is 42.0 Å². The summed E-state index contributed by atoms with van der Waals surface area (Å²) >= 11 is 0. The van der Waals surface area contributed by atoms with Crippen molar-refractivity contribution in [3.05, 3.63) is 104 Å². The van der Waals surface area contributed by atoms with Gasteiger partial charge in [0.05, 0.1) is 12.7 Å². The second-order valence-electron chi connectivity index (χ2n) is 11.2. The first-order chi connectivity index (χ1) is 22.7. The lowest BCUT2D eigenvalue weighted by Crippen LogP contribution is -2.46. The Bertz CT molecular complexity index is 2070.